The summed E-state index contributed by atoms with van der Waals surface area (Å²) in [5, 5.41) is 12.6. The van der Waals surface area contributed by atoms with Crippen LogP contribution in [0.1, 0.15) is 20.8 Å². The quantitative estimate of drug-likeness (QED) is 0.580. The molecule has 0 radical (unpaired) electrons. The Morgan fingerprint density at radius 2 is 2.00 bits per heavy atom. The molecule has 14 heavy (non-hydrogen) atoms. The standard InChI is InChI=1S/C11H23NO2/c1-5-10(4)12-6-11(13)8-14-7-9(2)3/h5,9-13H,1,6-8H2,2-4H3. The van der Waals surface area contributed by atoms with E-state index in [1.54, 1.807) is 0 Å². The predicted molar refractivity (Wildman–Crippen MR) is 59.3 cm³/mol. The first kappa shape index (κ1) is 13.6. The molecule has 2 unspecified atom stereocenters. The van der Waals surface area contributed by atoms with Crippen LogP contribution in [0.25, 0.3) is 0 Å². The fraction of sp³-hybridized carbons (Fsp3) is 0.818. The van der Waals surface area contributed by atoms with Crippen molar-refractivity contribution in [2.75, 3.05) is 19.8 Å². The van der Waals surface area contributed by atoms with Crippen LogP contribution >= 0.6 is 0 Å². The molecule has 0 aliphatic heterocycles. The van der Waals surface area contributed by atoms with E-state index in [0.717, 1.165) is 0 Å². The third-order valence-corrected chi connectivity index (χ3v) is 1.79. The maximum absolute atomic E-state index is 9.48. The van der Waals surface area contributed by atoms with Gasteiger partial charge in [0.2, 0.25) is 0 Å². The molecule has 0 heterocycles. The van der Waals surface area contributed by atoms with E-state index in [1.165, 1.54) is 0 Å². The van der Waals surface area contributed by atoms with Gasteiger partial charge in [-0.1, -0.05) is 19.9 Å². The van der Waals surface area contributed by atoms with E-state index in [4.69, 9.17) is 4.74 Å². The molecule has 0 aromatic rings. The first-order chi connectivity index (χ1) is 6.56. The van der Waals surface area contributed by atoms with Gasteiger partial charge in [-0.15, -0.1) is 6.58 Å². The van der Waals surface area contributed by atoms with Gasteiger partial charge in [-0.3, -0.25) is 0 Å². The van der Waals surface area contributed by atoms with E-state index in [0.29, 0.717) is 25.7 Å². The lowest BCUT2D eigenvalue weighted by Crippen LogP contribution is -2.35. The molecule has 0 spiro atoms. The molecule has 0 aliphatic rings. The van der Waals surface area contributed by atoms with E-state index in [-0.39, 0.29) is 6.04 Å². The second-order valence-corrected chi connectivity index (χ2v) is 4.02. The van der Waals surface area contributed by atoms with Gasteiger partial charge in [-0.05, 0) is 12.8 Å². The Hall–Kier alpha value is -0.380. The maximum Gasteiger partial charge on any atom is 0.0897 e. The SMILES string of the molecule is C=CC(C)NCC(O)COCC(C)C. The number of ether oxygens (including phenoxy) is 1. The Balaban J connectivity index is 3.36. The average molecular weight is 201 g/mol. The largest absolute Gasteiger partial charge is 0.389 e. The first-order valence-electron chi connectivity index (χ1n) is 5.18. The molecule has 0 rings (SSSR count). The molecule has 0 fully saturated rings. The van der Waals surface area contributed by atoms with Crippen molar-refractivity contribution < 1.29 is 9.84 Å². The van der Waals surface area contributed by atoms with Gasteiger partial charge in [0.25, 0.3) is 0 Å². The molecule has 0 saturated carbocycles. The minimum Gasteiger partial charge on any atom is -0.389 e. The number of hydrogen-bond donors (Lipinski definition) is 2. The summed E-state index contributed by atoms with van der Waals surface area (Å²) in [5.74, 6) is 0.516. The third-order valence-electron chi connectivity index (χ3n) is 1.79. The highest BCUT2D eigenvalue weighted by molar-refractivity contribution is 4.81. The molecule has 0 aliphatic carbocycles. The van der Waals surface area contributed by atoms with Gasteiger partial charge in [0, 0.05) is 19.2 Å². The lowest BCUT2D eigenvalue weighted by atomic mass is 10.2. The Kier molecular flexibility index (Phi) is 7.76. The Labute approximate surface area is 87.2 Å². The summed E-state index contributed by atoms with van der Waals surface area (Å²) in [7, 11) is 0. The number of aliphatic hydroxyl groups is 1. The van der Waals surface area contributed by atoms with Crippen molar-refractivity contribution in [2.45, 2.75) is 32.9 Å². The molecule has 84 valence electrons. The molecule has 0 aromatic carbocycles. The fourth-order valence-electron chi connectivity index (χ4n) is 0.904. The molecule has 3 heteroatoms. The molecule has 2 atom stereocenters. The summed E-state index contributed by atoms with van der Waals surface area (Å²) in [6.07, 6.45) is 1.37. The van der Waals surface area contributed by atoms with Crippen molar-refractivity contribution in [1.82, 2.24) is 5.32 Å². The fourth-order valence-corrected chi connectivity index (χ4v) is 0.904. The van der Waals surface area contributed by atoms with Crippen molar-refractivity contribution in [3.8, 4) is 0 Å². The van der Waals surface area contributed by atoms with Gasteiger partial charge in [0.15, 0.2) is 0 Å². The highest BCUT2D eigenvalue weighted by Crippen LogP contribution is 1.94. The molecule has 2 N–H and O–H groups in total. The molecule has 0 amide bonds. The zero-order valence-corrected chi connectivity index (χ0v) is 9.49. The summed E-state index contributed by atoms with van der Waals surface area (Å²) >= 11 is 0. The van der Waals surface area contributed by atoms with Crippen LogP contribution in [0.5, 0.6) is 0 Å². The lowest BCUT2D eigenvalue weighted by molar-refractivity contribution is 0.0257. The van der Waals surface area contributed by atoms with Gasteiger partial charge in [-0.25, -0.2) is 0 Å². The van der Waals surface area contributed by atoms with Crippen LogP contribution in [0.3, 0.4) is 0 Å². The number of hydrogen-bond acceptors (Lipinski definition) is 3. The first-order valence-corrected chi connectivity index (χ1v) is 5.18. The van der Waals surface area contributed by atoms with Crippen LogP contribution in [0.4, 0.5) is 0 Å². The Morgan fingerprint density at radius 3 is 2.50 bits per heavy atom. The van der Waals surface area contributed by atoms with E-state index in [2.05, 4.69) is 25.7 Å². The second kappa shape index (κ2) is 7.97. The van der Waals surface area contributed by atoms with Crippen molar-refractivity contribution in [3.05, 3.63) is 12.7 Å². The number of rotatable bonds is 8. The molecule has 0 saturated heterocycles. The minimum absolute atomic E-state index is 0.231. The zero-order chi connectivity index (χ0) is 11.0. The minimum atomic E-state index is -0.434. The van der Waals surface area contributed by atoms with Crippen LogP contribution in [0, 0.1) is 5.92 Å². The van der Waals surface area contributed by atoms with Crippen LogP contribution in [-0.2, 0) is 4.74 Å². The third kappa shape index (κ3) is 8.23. The second-order valence-electron chi connectivity index (χ2n) is 4.02. The highest BCUT2D eigenvalue weighted by Gasteiger charge is 2.05. The van der Waals surface area contributed by atoms with E-state index in [9.17, 15) is 5.11 Å². The monoisotopic (exact) mass is 201 g/mol. The smallest absolute Gasteiger partial charge is 0.0897 e. The van der Waals surface area contributed by atoms with Gasteiger partial charge < -0.3 is 15.2 Å². The normalized spacial score (nSPS) is 15.5. The highest BCUT2D eigenvalue weighted by atomic mass is 16.5. The van der Waals surface area contributed by atoms with E-state index in [1.807, 2.05) is 13.0 Å². The van der Waals surface area contributed by atoms with Gasteiger partial charge in [-0.2, -0.15) is 0 Å². The maximum atomic E-state index is 9.48. The van der Waals surface area contributed by atoms with Crippen molar-refractivity contribution in [3.63, 3.8) is 0 Å². The van der Waals surface area contributed by atoms with Crippen LogP contribution in [0.2, 0.25) is 0 Å². The summed E-state index contributed by atoms with van der Waals surface area (Å²) < 4.78 is 5.31. The summed E-state index contributed by atoms with van der Waals surface area (Å²) in [6.45, 7) is 11.5. The van der Waals surface area contributed by atoms with Gasteiger partial charge >= 0.3 is 0 Å². The van der Waals surface area contributed by atoms with Gasteiger partial charge in [0.1, 0.15) is 0 Å². The summed E-state index contributed by atoms with van der Waals surface area (Å²) in [4.78, 5) is 0. The van der Waals surface area contributed by atoms with Gasteiger partial charge in [0.05, 0.1) is 12.7 Å². The molecule has 3 nitrogen and oxygen atoms in total. The predicted octanol–water partition coefficient (Wildman–Crippen LogP) is 1.18. The van der Waals surface area contributed by atoms with Crippen LogP contribution < -0.4 is 5.32 Å². The number of aliphatic hydroxyl groups excluding tert-OH is 1. The van der Waals surface area contributed by atoms with E-state index < -0.39 is 6.10 Å². The average Bonchev–Trinajstić information content (AvgIpc) is 2.13. The Bertz CT molecular complexity index is 148. The van der Waals surface area contributed by atoms with Crippen molar-refractivity contribution in [1.29, 1.82) is 0 Å². The zero-order valence-electron chi connectivity index (χ0n) is 9.49. The molecular formula is C11H23NO2. The molecule has 0 aromatic heterocycles. The molecular weight excluding hydrogens is 178 g/mol. The van der Waals surface area contributed by atoms with Crippen molar-refractivity contribution in [2.24, 2.45) is 5.92 Å². The van der Waals surface area contributed by atoms with Crippen LogP contribution in [-0.4, -0.2) is 37.0 Å². The Morgan fingerprint density at radius 1 is 1.36 bits per heavy atom. The molecule has 0 bridgehead atoms. The van der Waals surface area contributed by atoms with Crippen molar-refractivity contribution >= 4 is 0 Å². The number of nitrogens with one attached hydrogen (secondary N) is 1. The lowest BCUT2D eigenvalue weighted by Gasteiger charge is -2.15. The van der Waals surface area contributed by atoms with E-state index >= 15 is 0 Å². The summed E-state index contributed by atoms with van der Waals surface area (Å²) in [5.41, 5.74) is 0. The topological polar surface area (TPSA) is 41.5 Å². The summed E-state index contributed by atoms with van der Waals surface area (Å²) in [6, 6.07) is 0.231. The van der Waals surface area contributed by atoms with Crippen LogP contribution in [0.15, 0.2) is 12.7 Å².